The fourth-order valence-corrected chi connectivity index (χ4v) is 4.51. The zero-order valence-electron chi connectivity index (χ0n) is 18.2. The van der Waals surface area contributed by atoms with Crippen molar-refractivity contribution in [1.29, 1.82) is 0 Å². The smallest absolute Gasteiger partial charge is 0.278 e. The van der Waals surface area contributed by atoms with Gasteiger partial charge in [0.05, 0.1) is 0 Å². The summed E-state index contributed by atoms with van der Waals surface area (Å²) in [6, 6.07) is 11.1. The number of ether oxygens (including phenoxy) is 1. The molecule has 3 heterocycles. The zero-order valence-corrected chi connectivity index (χ0v) is 18.2. The molecule has 5 rings (SSSR count). The van der Waals surface area contributed by atoms with E-state index < -0.39 is 34.3 Å². The lowest BCUT2D eigenvalue weighted by Crippen LogP contribution is -2.61. The van der Waals surface area contributed by atoms with E-state index in [1.807, 2.05) is 0 Å². The number of amides is 1. The Labute approximate surface area is 193 Å². The van der Waals surface area contributed by atoms with Crippen LogP contribution in [-0.2, 0) is 5.54 Å². The second-order valence-corrected chi connectivity index (χ2v) is 8.30. The van der Waals surface area contributed by atoms with Gasteiger partial charge in [-0.2, -0.15) is 0 Å². The van der Waals surface area contributed by atoms with Gasteiger partial charge in [0, 0.05) is 24.4 Å². The molecule has 0 radical (unpaired) electrons. The first kappa shape index (κ1) is 21.7. The van der Waals surface area contributed by atoms with Crippen molar-refractivity contribution in [3.8, 4) is 11.5 Å². The van der Waals surface area contributed by atoms with Crippen molar-refractivity contribution in [2.24, 2.45) is 0 Å². The fourth-order valence-electron chi connectivity index (χ4n) is 4.51. The van der Waals surface area contributed by atoms with E-state index in [4.69, 9.17) is 4.74 Å². The number of benzene rings is 2. The third-order valence-electron chi connectivity index (χ3n) is 6.31. The summed E-state index contributed by atoms with van der Waals surface area (Å²) in [6.45, 7) is 2.09. The van der Waals surface area contributed by atoms with Crippen molar-refractivity contribution in [1.82, 2.24) is 9.58 Å². The number of nitrogens with zero attached hydrogens (tertiary/aromatic N) is 3. The quantitative estimate of drug-likeness (QED) is 0.559. The Balaban J connectivity index is 1.88. The van der Waals surface area contributed by atoms with Crippen LogP contribution in [0.15, 0.2) is 71.7 Å². The van der Waals surface area contributed by atoms with Crippen molar-refractivity contribution in [2.45, 2.75) is 12.5 Å². The summed E-state index contributed by atoms with van der Waals surface area (Å²) < 4.78 is 36.4. The zero-order chi connectivity index (χ0) is 24.0. The molecule has 9 heteroatoms. The van der Waals surface area contributed by atoms with E-state index in [9.17, 15) is 23.5 Å². The van der Waals surface area contributed by atoms with Gasteiger partial charge in [-0.15, -0.1) is 0 Å². The maximum atomic E-state index is 14.6. The molecule has 2 aromatic carbocycles. The standard InChI is InChI=1S/C25H21F2N3O4/c1-25(16-5-4-6-17(26)13-16)19-14-18(27)7-8-21(19)34-12-3-2-10-28-15-30(25)29-11-9-20(31)23(32)22(29)24(28)33/h2-9,11,13-14,32H,10,12,15H2,1H3/b3-2-/t25-/m1/s1. The summed E-state index contributed by atoms with van der Waals surface area (Å²) in [6.07, 6.45) is 4.83. The van der Waals surface area contributed by atoms with Gasteiger partial charge in [-0.3, -0.25) is 19.3 Å². The average Bonchev–Trinajstić information content (AvgIpc) is 2.84. The maximum Gasteiger partial charge on any atom is 0.278 e. The first-order chi connectivity index (χ1) is 16.3. The van der Waals surface area contributed by atoms with E-state index >= 15 is 0 Å². The normalized spacial score (nSPS) is 20.6. The van der Waals surface area contributed by atoms with Crippen LogP contribution >= 0.6 is 0 Å². The van der Waals surface area contributed by atoms with Gasteiger partial charge in [0.1, 0.15) is 36.2 Å². The summed E-state index contributed by atoms with van der Waals surface area (Å²) >= 11 is 0. The summed E-state index contributed by atoms with van der Waals surface area (Å²) in [5.41, 5.74) is -1.39. The van der Waals surface area contributed by atoms with Gasteiger partial charge in [0.2, 0.25) is 5.43 Å². The number of aromatic nitrogens is 1. The van der Waals surface area contributed by atoms with Gasteiger partial charge in [-0.1, -0.05) is 18.2 Å². The fraction of sp³-hybridized carbons (Fsp3) is 0.200. The van der Waals surface area contributed by atoms with Crippen molar-refractivity contribution >= 4 is 5.91 Å². The number of carbonyl (C=O) groups excluding carboxylic acids is 1. The Morgan fingerprint density at radius 2 is 1.82 bits per heavy atom. The predicted octanol–water partition coefficient (Wildman–Crippen LogP) is 3.10. The molecule has 0 saturated heterocycles. The van der Waals surface area contributed by atoms with Gasteiger partial charge in [0.25, 0.3) is 5.91 Å². The highest BCUT2D eigenvalue weighted by atomic mass is 19.1. The second-order valence-electron chi connectivity index (χ2n) is 8.30. The number of halogens is 2. The van der Waals surface area contributed by atoms with E-state index in [1.54, 1.807) is 36.2 Å². The number of pyridine rings is 1. The monoisotopic (exact) mass is 465 g/mol. The van der Waals surface area contributed by atoms with Gasteiger partial charge in [-0.05, 0) is 48.9 Å². The molecule has 0 fully saturated rings. The van der Waals surface area contributed by atoms with Crippen molar-refractivity contribution in [2.75, 3.05) is 24.8 Å². The Kier molecular flexibility index (Phi) is 5.11. The van der Waals surface area contributed by atoms with E-state index in [0.29, 0.717) is 16.9 Å². The Bertz CT molecular complexity index is 1390. The van der Waals surface area contributed by atoms with Gasteiger partial charge in [-0.25, -0.2) is 8.78 Å². The third-order valence-corrected chi connectivity index (χ3v) is 6.31. The largest absolute Gasteiger partial charge is 0.502 e. The number of hydrogen-bond donors (Lipinski definition) is 1. The Hall–Kier alpha value is -4.14. The molecule has 174 valence electrons. The van der Waals surface area contributed by atoms with Crippen molar-refractivity contribution in [3.63, 3.8) is 0 Å². The summed E-state index contributed by atoms with van der Waals surface area (Å²) in [7, 11) is 0. The van der Waals surface area contributed by atoms with Crippen LogP contribution in [0.5, 0.6) is 11.5 Å². The Morgan fingerprint density at radius 3 is 2.62 bits per heavy atom. The lowest BCUT2D eigenvalue weighted by molar-refractivity contribution is 0.0685. The highest BCUT2D eigenvalue weighted by molar-refractivity contribution is 5.96. The topological polar surface area (TPSA) is 75.0 Å². The van der Waals surface area contributed by atoms with Crippen molar-refractivity contribution in [3.05, 3.63) is 106 Å². The molecule has 0 aliphatic carbocycles. The molecule has 7 nitrogen and oxygen atoms in total. The van der Waals surface area contributed by atoms with E-state index in [2.05, 4.69) is 0 Å². The molecule has 1 amide bonds. The minimum absolute atomic E-state index is 0.00144. The first-order valence-corrected chi connectivity index (χ1v) is 10.7. The van der Waals surface area contributed by atoms with Crippen LogP contribution in [-0.4, -0.2) is 40.4 Å². The van der Waals surface area contributed by atoms with Gasteiger partial charge < -0.3 is 14.7 Å². The SMILES string of the molecule is C[C@@]1(c2cccc(F)c2)c2cc(F)ccc2OC/C=C\CN2CN1n1ccc(=O)c(O)c1C2=O. The van der Waals surface area contributed by atoms with E-state index in [-0.39, 0.29) is 25.5 Å². The van der Waals surface area contributed by atoms with Crippen LogP contribution in [0.1, 0.15) is 28.5 Å². The number of carbonyl (C=O) groups is 1. The van der Waals surface area contributed by atoms with Crippen LogP contribution < -0.4 is 15.2 Å². The third kappa shape index (κ3) is 3.32. The molecule has 3 aromatic rings. The molecule has 0 saturated carbocycles. The second kappa shape index (κ2) is 8.02. The molecule has 2 aliphatic heterocycles. The lowest BCUT2D eigenvalue weighted by atomic mass is 9.83. The van der Waals surface area contributed by atoms with Crippen LogP contribution in [0.25, 0.3) is 0 Å². The molecule has 0 unspecified atom stereocenters. The molecule has 2 bridgehead atoms. The van der Waals surface area contributed by atoms with Crippen LogP contribution in [0.3, 0.4) is 0 Å². The minimum atomic E-state index is -1.29. The molecule has 1 atom stereocenters. The molecule has 1 N–H and O–H groups in total. The Morgan fingerprint density at radius 1 is 1.03 bits per heavy atom. The minimum Gasteiger partial charge on any atom is -0.502 e. The molecular weight excluding hydrogens is 444 g/mol. The molecule has 0 spiro atoms. The van der Waals surface area contributed by atoms with E-state index in [0.717, 1.165) is 6.07 Å². The number of aromatic hydroxyl groups is 1. The average molecular weight is 465 g/mol. The molecule has 2 aliphatic rings. The van der Waals surface area contributed by atoms with Gasteiger partial charge >= 0.3 is 0 Å². The first-order valence-electron chi connectivity index (χ1n) is 10.7. The summed E-state index contributed by atoms with van der Waals surface area (Å²) in [4.78, 5) is 26.9. The molecule has 1 aromatic heterocycles. The maximum absolute atomic E-state index is 14.6. The molecular formula is C25H21F2N3O4. The predicted molar refractivity (Wildman–Crippen MR) is 120 cm³/mol. The van der Waals surface area contributed by atoms with Crippen LogP contribution in [0.4, 0.5) is 8.78 Å². The highest BCUT2D eigenvalue weighted by Crippen LogP contribution is 2.42. The summed E-state index contributed by atoms with van der Waals surface area (Å²) in [5, 5.41) is 12.2. The van der Waals surface area contributed by atoms with E-state index in [1.165, 1.54) is 46.1 Å². The summed E-state index contributed by atoms with van der Waals surface area (Å²) in [5.74, 6) is -1.89. The number of fused-ring (bicyclic) bond motifs is 5. The van der Waals surface area contributed by atoms with Gasteiger partial charge in [0.15, 0.2) is 11.4 Å². The number of hydrogen-bond acceptors (Lipinski definition) is 5. The van der Waals surface area contributed by atoms with Crippen molar-refractivity contribution < 1.29 is 23.4 Å². The van der Waals surface area contributed by atoms with Crippen LogP contribution in [0, 0.1) is 11.6 Å². The van der Waals surface area contributed by atoms with Crippen LogP contribution in [0.2, 0.25) is 0 Å². The lowest BCUT2D eigenvalue weighted by Gasteiger charge is -2.49. The molecule has 34 heavy (non-hydrogen) atoms. The number of rotatable bonds is 1. The highest BCUT2D eigenvalue weighted by Gasteiger charge is 2.45.